The first-order valence-electron chi connectivity index (χ1n) is 8.07. The zero-order valence-electron chi connectivity index (χ0n) is 15.2. The summed E-state index contributed by atoms with van der Waals surface area (Å²) in [4.78, 5) is 8.55. The number of aliphatic imine (C=N–C) groups is 1. The van der Waals surface area contributed by atoms with Crippen LogP contribution in [0.15, 0.2) is 33.7 Å². The van der Waals surface area contributed by atoms with Crippen molar-refractivity contribution in [3.63, 3.8) is 0 Å². The lowest BCUT2D eigenvalue weighted by molar-refractivity contribution is -0.274. The molecule has 2 N–H and O–H groups in total. The Kier molecular flexibility index (Phi) is 8.86. The van der Waals surface area contributed by atoms with Crippen molar-refractivity contribution in [3.8, 4) is 5.75 Å². The first-order chi connectivity index (χ1) is 12.3. The van der Waals surface area contributed by atoms with E-state index in [1.807, 2.05) is 20.8 Å². The molecular formula is C17H22F3IN4O2. The van der Waals surface area contributed by atoms with Gasteiger partial charge in [0.2, 0.25) is 5.89 Å². The summed E-state index contributed by atoms with van der Waals surface area (Å²) >= 11 is 0. The lowest BCUT2D eigenvalue weighted by Crippen LogP contribution is -2.36. The van der Waals surface area contributed by atoms with Gasteiger partial charge in [-0.3, -0.25) is 0 Å². The van der Waals surface area contributed by atoms with Gasteiger partial charge < -0.3 is 19.8 Å². The predicted octanol–water partition coefficient (Wildman–Crippen LogP) is 4.06. The minimum absolute atomic E-state index is 0. The van der Waals surface area contributed by atoms with E-state index < -0.39 is 6.36 Å². The smallest absolute Gasteiger partial charge is 0.444 e. The molecule has 0 fully saturated rings. The van der Waals surface area contributed by atoms with Crippen molar-refractivity contribution in [2.75, 3.05) is 6.54 Å². The molecule has 0 saturated carbocycles. The average molecular weight is 498 g/mol. The fourth-order valence-corrected chi connectivity index (χ4v) is 2.14. The minimum Gasteiger partial charge on any atom is -0.444 e. The Hall–Kier alpha value is -1.98. The number of halogens is 4. The maximum Gasteiger partial charge on any atom is 0.573 e. The van der Waals surface area contributed by atoms with Gasteiger partial charge in [0, 0.05) is 12.1 Å². The molecule has 1 heterocycles. The Labute approximate surface area is 172 Å². The van der Waals surface area contributed by atoms with Crippen molar-refractivity contribution in [2.45, 2.75) is 40.2 Å². The number of hydrogen-bond donors (Lipinski definition) is 2. The zero-order chi connectivity index (χ0) is 19.2. The molecule has 0 saturated heterocycles. The number of aromatic nitrogens is 1. The van der Waals surface area contributed by atoms with Crippen LogP contribution in [0.25, 0.3) is 0 Å². The summed E-state index contributed by atoms with van der Waals surface area (Å²) in [5.74, 6) is 1.41. The SMILES string of the molecule is CCNC(=NCc1ccccc1OC(F)(F)F)NCc1nc(C)c(C)o1.I. The highest BCUT2D eigenvalue weighted by Gasteiger charge is 2.31. The third-order valence-electron chi connectivity index (χ3n) is 3.43. The number of para-hydroxylation sites is 1. The number of guanidine groups is 1. The number of nitrogens with one attached hydrogen (secondary N) is 2. The van der Waals surface area contributed by atoms with Gasteiger partial charge in [0.25, 0.3) is 0 Å². The third kappa shape index (κ3) is 7.65. The maximum atomic E-state index is 12.5. The van der Waals surface area contributed by atoms with Crippen molar-refractivity contribution in [1.29, 1.82) is 0 Å². The lowest BCUT2D eigenvalue weighted by Gasteiger charge is -2.13. The average Bonchev–Trinajstić information content (AvgIpc) is 2.88. The molecule has 150 valence electrons. The molecule has 0 bridgehead atoms. The fourth-order valence-electron chi connectivity index (χ4n) is 2.14. The quantitative estimate of drug-likeness (QED) is 0.357. The summed E-state index contributed by atoms with van der Waals surface area (Å²) in [7, 11) is 0. The largest absolute Gasteiger partial charge is 0.573 e. The van der Waals surface area contributed by atoms with Crippen LogP contribution in [-0.2, 0) is 13.1 Å². The predicted molar refractivity (Wildman–Crippen MR) is 106 cm³/mol. The topological polar surface area (TPSA) is 71.7 Å². The van der Waals surface area contributed by atoms with Gasteiger partial charge in [-0.15, -0.1) is 37.1 Å². The van der Waals surface area contributed by atoms with Crippen LogP contribution in [0.2, 0.25) is 0 Å². The van der Waals surface area contributed by atoms with E-state index in [1.54, 1.807) is 6.07 Å². The van der Waals surface area contributed by atoms with Crippen LogP contribution >= 0.6 is 24.0 Å². The molecule has 10 heteroatoms. The van der Waals surface area contributed by atoms with Crippen LogP contribution < -0.4 is 15.4 Å². The van der Waals surface area contributed by atoms with Crippen LogP contribution in [0.4, 0.5) is 13.2 Å². The van der Waals surface area contributed by atoms with Crippen molar-refractivity contribution >= 4 is 29.9 Å². The van der Waals surface area contributed by atoms with Crippen molar-refractivity contribution in [3.05, 3.63) is 47.2 Å². The van der Waals surface area contributed by atoms with Crippen LogP contribution in [0.5, 0.6) is 5.75 Å². The van der Waals surface area contributed by atoms with Gasteiger partial charge in [0.05, 0.1) is 18.8 Å². The monoisotopic (exact) mass is 498 g/mol. The Morgan fingerprint density at radius 1 is 1.22 bits per heavy atom. The number of aryl methyl sites for hydroxylation is 2. The molecule has 0 unspecified atom stereocenters. The Morgan fingerprint density at radius 2 is 1.93 bits per heavy atom. The highest BCUT2D eigenvalue weighted by atomic mass is 127. The summed E-state index contributed by atoms with van der Waals surface area (Å²) in [6.07, 6.45) is -4.75. The van der Waals surface area contributed by atoms with E-state index in [0.717, 1.165) is 11.5 Å². The second-order valence-corrected chi connectivity index (χ2v) is 5.45. The molecular weight excluding hydrogens is 476 g/mol. The van der Waals surface area contributed by atoms with Gasteiger partial charge in [-0.05, 0) is 26.8 Å². The molecule has 0 atom stereocenters. The van der Waals surface area contributed by atoms with Gasteiger partial charge in [0.1, 0.15) is 11.5 Å². The van der Waals surface area contributed by atoms with Gasteiger partial charge in [-0.25, -0.2) is 9.98 Å². The number of hydrogen-bond acceptors (Lipinski definition) is 4. The Balaban J connectivity index is 0.00000364. The molecule has 0 aliphatic carbocycles. The summed E-state index contributed by atoms with van der Waals surface area (Å²) in [5, 5.41) is 6.05. The number of benzene rings is 1. The molecule has 0 amide bonds. The van der Waals surface area contributed by atoms with Crippen LogP contribution in [0.3, 0.4) is 0 Å². The van der Waals surface area contributed by atoms with Crippen LogP contribution in [-0.4, -0.2) is 23.9 Å². The Morgan fingerprint density at radius 3 is 2.52 bits per heavy atom. The second kappa shape index (κ2) is 10.4. The van der Waals surface area contributed by atoms with Crippen molar-refractivity contribution in [2.24, 2.45) is 4.99 Å². The summed E-state index contributed by atoms with van der Waals surface area (Å²) in [5.41, 5.74) is 1.13. The van der Waals surface area contributed by atoms with Crippen molar-refractivity contribution < 1.29 is 22.3 Å². The molecule has 0 spiro atoms. The number of ether oxygens (including phenoxy) is 1. The highest BCUT2D eigenvalue weighted by molar-refractivity contribution is 14.0. The number of alkyl halides is 3. The summed E-state index contributed by atoms with van der Waals surface area (Å²) in [6.45, 7) is 6.47. The maximum absolute atomic E-state index is 12.5. The molecule has 0 aliphatic heterocycles. The normalized spacial score (nSPS) is 11.7. The molecule has 0 radical (unpaired) electrons. The van der Waals surface area contributed by atoms with E-state index in [0.29, 0.717) is 30.5 Å². The second-order valence-electron chi connectivity index (χ2n) is 5.45. The van der Waals surface area contributed by atoms with Gasteiger partial charge in [-0.2, -0.15) is 0 Å². The first-order valence-corrected chi connectivity index (χ1v) is 8.07. The summed E-state index contributed by atoms with van der Waals surface area (Å²) in [6, 6.07) is 5.91. The highest BCUT2D eigenvalue weighted by Crippen LogP contribution is 2.26. The van der Waals surface area contributed by atoms with E-state index in [2.05, 4.69) is 25.3 Å². The zero-order valence-corrected chi connectivity index (χ0v) is 17.5. The molecule has 0 aliphatic rings. The van der Waals surface area contributed by atoms with E-state index in [-0.39, 0.29) is 36.3 Å². The first kappa shape index (κ1) is 23.1. The molecule has 27 heavy (non-hydrogen) atoms. The van der Waals surface area contributed by atoms with E-state index in [9.17, 15) is 13.2 Å². The van der Waals surface area contributed by atoms with Gasteiger partial charge in [-0.1, -0.05) is 18.2 Å². The fraction of sp³-hybridized carbons (Fsp3) is 0.412. The molecule has 6 nitrogen and oxygen atoms in total. The van der Waals surface area contributed by atoms with E-state index in [4.69, 9.17) is 4.42 Å². The van der Waals surface area contributed by atoms with Crippen LogP contribution in [0, 0.1) is 13.8 Å². The number of nitrogens with zero attached hydrogens (tertiary/aromatic N) is 2. The summed E-state index contributed by atoms with van der Waals surface area (Å²) < 4.78 is 47.0. The number of oxazole rings is 1. The molecule has 2 rings (SSSR count). The lowest BCUT2D eigenvalue weighted by atomic mass is 10.2. The molecule has 1 aromatic heterocycles. The van der Waals surface area contributed by atoms with E-state index >= 15 is 0 Å². The van der Waals surface area contributed by atoms with Gasteiger partial charge in [0.15, 0.2) is 5.96 Å². The standard InChI is InChI=1S/C17H21F3N4O2.HI/c1-4-21-16(23-10-15-24-11(2)12(3)25-15)22-9-13-7-5-6-8-14(13)26-17(18,19)20;/h5-8H,4,9-10H2,1-3H3,(H2,21,22,23);1H. The number of rotatable bonds is 6. The third-order valence-corrected chi connectivity index (χ3v) is 3.43. The minimum atomic E-state index is -4.75. The Bertz CT molecular complexity index is 743. The molecule has 2 aromatic rings. The van der Waals surface area contributed by atoms with Crippen molar-refractivity contribution in [1.82, 2.24) is 15.6 Å². The van der Waals surface area contributed by atoms with Crippen LogP contribution in [0.1, 0.15) is 29.8 Å². The van der Waals surface area contributed by atoms with E-state index in [1.165, 1.54) is 18.2 Å². The molecule has 1 aromatic carbocycles. The van der Waals surface area contributed by atoms with Gasteiger partial charge >= 0.3 is 6.36 Å².